The average Bonchev–Trinajstić information content (AvgIpc) is 2.46. The first-order chi connectivity index (χ1) is 10.8. The van der Waals surface area contributed by atoms with Gasteiger partial charge in [-0.05, 0) is 49.4 Å². The van der Waals surface area contributed by atoms with Crippen molar-refractivity contribution in [1.29, 1.82) is 0 Å². The zero-order valence-electron chi connectivity index (χ0n) is 12.1. The van der Waals surface area contributed by atoms with Crippen molar-refractivity contribution in [1.82, 2.24) is 0 Å². The molecular formula is C15H14Cl2N2O3S. The van der Waals surface area contributed by atoms with Crippen molar-refractivity contribution in [2.75, 3.05) is 15.8 Å². The normalized spacial score (nSPS) is 11.1. The highest BCUT2D eigenvalue weighted by Crippen LogP contribution is 2.23. The summed E-state index contributed by atoms with van der Waals surface area (Å²) >= 11 is 11.7. The van der Waals surface area contributed by atoms with Crippen LogP contribution in [0, 0.1) is 0 Å². The molecule has 2 aromatic rings. The van der Waals surface area contributed by atoms with E-state index in [0.717, 1.165) is 0 Å². The van der Waals surface area contributed by atoms with Crippen LogP contribution in [0.15, 0.2) is 42.5 Å². The van der Waals surface area contributed by atoms with E-state index in [4.69, 9.17) is 23.2 Å². The summed E-state index contributed by atoms with van der Waals surface area (Å²) in [7, 11) is -3.34. The minimum absolute atomic E-state index is 0.0231. The van der Waals surface area contributed by atoms with Crippen LogP contribution in [0.1, 0.15) is 17.3 Å². The lowest BCUT2D eigenvalue weighted by atomic mass is 10.2. The third-order valence-electron chi connectivity index (χ3n) is 2.92. The summed E-state index contributed by atoms with van der Waals surface area (Å²) in [5, 5.41) is 3.50. The van der Waals surface area contributed by atoms with Gasteiger partial charge in [0.1, 0.15) is 0 Å². The fraction of sp³-hybridized carbons (Fsp3) is 0.133. The molecule has 2 N–H and O–H groups in total. The molecule has 0 aliphatic rings. The van der Waals surface area contributed by atoms with Gasteiger partial charge >= 0.3 is 0 Å². The minimum Gasteiger partial charge on any atom is -0.322 e. The quantitative estimate of drug-likeness (QED) is 0.832. The van der Waals surface area contributed by atoms with E-state index in [1.165, 1.54) is 24.3 Å². The topological polar surface area (TPSA) is 75.3 Å². The maximum absolute atomic E-state index is 12.2. The van der Waals surface area contributed by atoms with Gasteiger partial charge in [0.05, 0.1) is 5.75 Å². The number of sulfonamides is 1. The maximum atomic E-state index is 12.2. The Morgan fingerprint density at radius 3 is 2.09 bits per heavy atom. The molecule has 5 nitrogen and oxygen atoms in total. The first kappa shape index (κ1) is 17.6. The van der Waals surface area contributed by atoms with Crippen LogP contribution in [0.25, 0.3) is 0 Å². The van der Waals surface area contributed by atoms with Gasteiger partial charge in [-0.25, -0.2) is 8.42 Å². The summed E-state index contributed by atoms with van der Waals surface area (Å²) in [5.41, 5.74) is 1.25. The molecule has 0 saturated heterocycles. The Morgan fingerprint density at radius 2 is 1.57 bits per heavy atom. The van der Waals surface area contributed by atoms with E-state index in [-0.39, 0.29) is 11.7 Å². The molecule has 0 spiro atoms. The number of amides is 1. The van der Waals surface area contributed by atoms with E-state index in [0.29, 0.717) is 27.0 Å². The van der Waals surface area contributed by atoms with Crippen LogP contribution in [-0.4, -0.2) is 20.1 Å². The third kappa shape index (κ3) is 5.13. The number of benzene rings is 2. The molecule has 0 atom stereocenters. The smallest absolute Gasteiger partial charge is 0.255 e. The summed E-state index contributed by atoms with van der Waals surface area (Å²) in [6.45, 7) is 1.54. The molecular weight excluding hydrogens is 359 g/mol. The highest BCUT2D eigenvalue weighted by Gasteiger charge is 2.10. The minimum atomic E-state index is -3.34. The molecule has 0 fully saturated rings. The second-order valence-electron chi connectivity index (χ2n) is 4.70. The summed E-state index contributed by atoms with van der Waals surface area (Å²) in [5.74, 6) is -0.377. The molecule has 0 aromatic heterocycles. The molecule has 8 heteroatoms. The van der Waals surface area contributed by atoms with Gasteiger partial charge in [0, 0.05) is 27.0 Å². The lowest BCUT2D eigenvalue weighted by Gasteiger charge is -2.08. The highest BCUT2D eigenvalue weighted by atomic mass is 35.5. The molecule has 1 amide bonds. The molecule has 0 unspecified atom stereocenters. The van der Waals surface area contributed by atoms with Gasteiger partial charge in [-0.2, -0.15) is 0 Å². The van der Waals surface area contributed by atoms with Crippen LogP contribution in [-0.2, 0) is 10.0 Å². The molecule has 2 aromatic carbocycles. The Bertz CT molecular complexity index is 801. The van der Waals surface area contributed by atoms with Gasteiger partial charge in [0.2, 0.25) is 10.0 Å². The number of halogens is 2. The predicted molar refractivity (Wildman–Crippen MR) is 93.9 cm³/mol. The van der Waals surface area contributed by atoms with E-state index in [1.807, 2.05) is 0 Å². The molecule has 23 heavy (non-hydrogen) atoms. The largest absolute Gasteiger partial charge is 0.322 e. The Balaban J connectivity index is 2.11. The molecule has 122 valence electrons. The first-order valence-corrected chi connectivity index (χ1v) is 9.08. The van der Waals surface area contributed by atoms with E-state index in [2.05, 4.69) is 10.0 Å². The molecule has 0 bridgehead atoms. The Morgan fingerprint density at radius 1 is 1.00 bits per heavy atom. The van der Waals surface area contributed by atoms with Gasteiger partial charge in [0.25, 0.3) is 5.91 Å². The SMILES string of the molecule is CCS(=O)(=O)Nc1ccc(C(=O)Nc2cc(Cl)cc(Cl)c2)cc1. The zero-order chi connectivity index (χ0) is 17.0. The monoisotopic (exact) mass is 372 g/mol. The molecule has 2 rings (SSSR count). The van der Waals surface area contributed by atoms with Gasteiger partial charge in [-0.15, -0.1) is 0 Å². The van der Waals surface area contributed by atoms with Gasteiger partial charge < -0.3 is 5.32 Å². The molecule has 0 aliphatic carbocycles. The summed E-state index contributed by atoms with van der Waals surface area (Å²) in [6.07, 6.45) is 0. The highest BCUT2D eigenvalue weighted by molar-refractivity contribution is 7.92. The third-order valence-corrected chi connectivity index (χ3v) is 4.66. The Hall–Kier alpha value is -1.76. The number of hydrogen-bond acceptors (Lipinski definition) is 3. The lowest BCUT2D eigenvalue weighted by Crippen LogP contribution is -2.15. The number of hydrogen-bond donors (Lipinski definition) is 2. The first-order valence-electron chi connectivity index (χ1n) is 6.67. The number of carbonyl (C=O) groups excluding carboxylic acids is 1. The van der Waals surface area contributed by atoms with E-state index >= 15 is 0 Å². The van der Waals surface area contributed by atoms with Crippen LogP contribution >= 0.6 is 23.2 Å². The van der Waals surface area contributed by atoms with E-state index < -0.39 is 10.0 Å². The van der Waals surface area contributed by atoms with Crippen molar-refractivity contribution in [3.05, 3.63) is 58.1 Å². The number of anilines is 2. The van der Waals surface area contributed by atoms with Crippen LogP contribution in [0.3, 0.4) is 0 Å². The van der Waals surface area contributed by atoms with Gasteiger partial charge in [-0.1, -0.05) is 23.2 Å². The number of carbonyl (C=O) groups is 1. The maximum Gasteiger partial charge on any atom is 0.255 e. The Kier molecular flexibility index (Phi) is 5.51. The van der Waals surface area contributed by atoms with Gasteiger partial charge in [-0.3, -0.25) is 9.52 Å². The average molecular weight is 373 g/mol. The second kappa shape index (κ2) is 7.21. The van der Waals surface area contributed by atoms with Crippen molar-refractivity contribution in [2.45, 2.75) is 6.92 Å². The van der Waals surface area contributed by atoms with Crippen molar-refractivity contribution in [3.63, 3.8) is 0 Å². The zero-order valence-corrected chi connectivity index (χ0v) is 14.5. The van der Waals surface area contributed by atoms with Crippen LogP contribution in [0.4, 0.5) is 11.4 Å². The van der Waals surface area contributed by atoms with E-state index in [1.54, 1.807) is 25.1 Å². The number of rotatable bonds is 5. The predicted octanol–water partition coefficient (Wildman–Crippen LogP) is 4.01. The van der Waals surface area contributed by atoms with Crippen LogP contribution in [0.5, 0.6) is 0 Å². The van der Waals surface area contributed by atoms with Crippen LogP contribution in [0.2, 0.25) is 10.0 Å². The lowest BCUT2D eigenvalue weighted by molar-refractivity contribution is 0.102. The number of nitrogens with one attached hydrogen (secondary N) is 2. The second-order valence-corrected chi connectivity index (χ2v) is 7.58. The van der Waals surface area contributed by atoms with Crippen molar-refractivity contribution in [3.8, 4) is 0 Å². The summed E-state index contributed by atoms with van der Waals surface area (Å²) in [6, 6.07) is 10.8. The standard InChI is InChI=1S/C15H14Cl2N2O3S/c1-2-23(21,22)19-13-5-3-10(4-6-13)15(20)18-14-8-11(16)7-12(17)9-14/h3-9,19H,2H2,1H3,(H,18,20). The van der Waals surface area contributed by atoms with Crippen LogP contribution < -0.4 is 10.0 Å². The van der Waals surface area contributed by atoms with Gasteiger partial charge in [0.15, 0.2) is 0 Å². The van der Waals surface area contributed by atoms with E-state index in [9.17, 15) is 13.2 Å². The molecule has 0 radical (unpaired) electrons. The van der Waals surface area contributed by atoms with Crippen molar-refractivity contribution in [2.24, 2.45) is 0 Å². The summed E-state index contributed by atoms with van der Waals surface area (Å²) in [4.78, 5) is 12.2. The molecule has 0 saturated carbocycles. The van der Waals surface area contributed by atoms with Crippen molar-refractivity contribution >= 4 is 50.5 Å². The molecule has 0 heterocycles. The molecule has 0 aliphatic heterocycles. The fourth-order valence-corrected chi connectivity index (χ4v) is 2.94. The Labute approximate surface area is 144 Å². The van der Waals surface area contributed by atoms with Crippen molar-refractivity contribution < 1.29 is 13.2 Å². The fourth-order valence-electron chi connectivity index (χ4n) is 1.77. The summed E-state index contributed by atoms with van der Waals surface area (Å²) < 4.78 is 25.4.